The van der Waals surface area contributed by atoms with Gasteiger partial charge in [-0.3, -0.25) is 4.79 Å². The Bertz CT molecular complexity index is 127. The monoisotopic (exact) mass is 175 g/mol. The average molecular weight is 175 g/mol. The summed E-state index contributed by atoms with van der Waals surface area (Å²) in [4.78, 5) is 11.0. The van der Waals surface area contributed by atoms with Gasteiger partial charge in [-0.1, -0.05) is 0 Å². The molecule has 0 radical (unpaired) electrons. The first-order valence-corrected chi connectivity index (χ1v) is 4.14. The number of likely N-dealkylation sites (N-methyl/N-ethyl adjacent to an activating group) is 1. The highest BCUT2D eigenvalue weighted by molar-refractivity contribution is 5.75. The number of hydrogen-bond donors (Lipinski definition) is 1. The van der Waals surface area contributed by atoms with Crippen molar-refractivity contribution in [2.24, 2.45) is 0 Å². The summed E-state index contributed by atoms with van der Waals surface area (Å²) in [7, 11) is 1.72. The van der Waals surface area contributed by atoms with Crippen LogP contribution in [0.4, 0.5) is 0 Å². The summed E-state index contributed by atoms with van der Waals surface area (Å²) < 4.78 is 9.87. The van der Waals surface area contributed by atoms with Crippen molar-refractivity contribution >= 4 is 5.97 Å². The van der Waals surface area contributed by atoms with Gasteiger partial charge in [-0.2, -0.15) is 0 Å². The van der Waals surface area contributed by atoms with E-state index in [-0.39, 0.29) is 12.0 Å². The zero-order valence-electron chi connectivity index (χ0n) is 7.92. The highest BCUT2D eigenvalue weighted by atomic mass is 16.6. The normalized spacial score (nSPS) is 12.6. The molecule has 0 aliphatic carbocycles. The molecule has 1 N–H and O–H groups in total. The standard InChI is InChI=1S/C8H17NO3/c1-4-11-5-6-12-8(10)7(2)9-3/h7,9H,4-6H2,1-3H3. The Balaban J connectivity index is 3.31. The van der Waals surface area contributed by atoms with Gasteiger partial charge in [0.1, 0.15) is 12.6 Å². The highest BCUT2D eigenvalue weighted by Gasteiger charge is 2.10. The molecule has 4 heteroatoms. The molecule has 0 aliphatic rings. The Morgan fingerprint density at radius 2 is 2.17 bits per heavy atom. The molecule has 72 valence electrons. The first-order chi connectivity index (χ1) is 5.72. The van der Waals surface area contributed by atoms with Crippen LogP contribution in [0.1, 0.15) is 13.8 Å². The van der Waals surface area contributed by atoms with Gasteiger partial charge >= 0.3 is 5.97 Å². The summed E-state index contributed by atoms with van der Waals surface area (Å²) in [5.74, 6) is -0.239. The molecule has 0 amide bonds. The molecule has 12 heavy (non-hydrogen) atoms. The summed E-state index contributed by atoms with van der Waals surface area (Å²) in [5.41, 5.74) is 0. The molecule has 1 atom stereocenters. The predicted octanol–water partition coefficient (Wildman–Crippen LogP) is 0.174. The Morgan fingerprint density at radius 1 is 1.50 bits per heavy atom. The molecule has 0 heterocycles. The van der Waals surface area contributed by atoms with Gasteiger partial charge in [0.2, 0.25) is 0 Å². The fourth-order valence-corrected chi connectivity index (χ4v) is 0.588. The van der Waals surface area contributed by atoms with E-state index in [0.717, 1.165) is 0 Å². The quantitative estimate of drug-likeness (QED) is 0.462. The van der Waals surface area contributed by atoms with Crippen molar-refractivity contribution in [1.82, 2.24) is 5.32 Å². The molecule has 0 rings (SSSR count). The number of rotatable bonds is 6. The maximum Gasteiger partial charge on any atom is 0.322 e. The second-order valence-electron chi connectivity index (χ2n) is 2.37. The van der Waals surface area contributed by atoms with E-state index in [2.05, 4.69) is 5.32 Å². The lowest BCUT2D eigenvalue weighted by atomic mass is 10.3. The van der Waals surface area contributed by atoms with Crippen LogP contribution in [0.25, 0.3) is 0 Å². The van der Waals surface area contributed by atoms with Crippen LogP contribution in [-0.2, 0) is 14.3 Å². The van der Waals surface area contributed by atoms with E-state index in [1.165, 1.54) is 0 Å². The third kappa shape index (κ3) is 5.09. The first kappa shape index (κ1) is 11.4. The number of carbonyl (C=O) groups is 1. The molecule has 0 spiro atoms. The minimum absolute atomic E-state index is 0.239. The van der Waals surface area contributed by atoms with Crippen LogP contribution >= 0.6 is 0 Å². The van der Waals surface area contributed by atoms with E-state index in [4.69, 9.17) is 9.47 Å². The lowest BCUT2D eigenvalue weighted by molar-refractivity contribution is -0.147. The van der Waals surface area contributed by atoms with Crippen molar-refractivity contribution in [3.05, 3.63) is 0 Å². The van der Waals surface area contributed by atoms with Crippen molar-refractivity contribution in [3.63, 3.8) is 0 Å². The minimum atomic E-state index is -0.244. The van der Waals surface area contributed by atoms with Gasteiger partial charge in [-0.25, -0.2) is 0 Å². The smallest absolute Gasteiger partial charge is 0.322 e. The molecule has 0 saturated heterocycles. The Morgan fingerprint density at radius 3 is 2.67 bits per heavy atom. The maximum absolute atomic E-state index is 11.0. The van der Waals surface area contributed by atoms with E-state index >= 15 is 0 Å². The van der Waals surface area contributed by atoms with Crippen molar-refractivity contribution in [3.8, 4) is 0 Å². The number of carbonyl (C=O) groups excluding carboxylic acids is 1. The van der Waals surface area contributed by atoms with Crippen LogP contribution < -0.4 is 5.32 Å². The number of hydrogen-bond acceptors (Lipinski definition) is 4. The number of esters is 1. The number of ether oxygens (including phenoxy) is 2. The molecule has 0 bridgehead atoms. The van der Waals surface area contributed by atoms with Crippen molar-refractivity contribution in [1.29, 1.82) is 0 Å². The summed E-state index contributed by atoms with van der Waals surface area (Å²) in [6.45, 7) is 5.11. The van der Waals surface area contributed by atoms with Gasteiger partial charge in [-0.15, -0.1) is 0 Å². The first-order valence-electron chi connectivity index (χ1n) is 4.14. The number of nitrogens with one attached hydrogen (secondary N) is 1. The lowest BCUT2D eigenvalue weighted by Crippen LogP contribution is -2.33. The van der Waals surface area contributed by atoms with Crippen molar-refractivity contribution in [2.45, 2.75) is 19.9 Å². The van der Waals surface area contributed by atoms with Gasteiger partial charge in [-0.05, 0) is 20.9 Å². The summed E-state index contributed by atoms with van der Waals surface area (Å²) >= 11 is 0. The molecular formula is C8H17NO3. The van der Waals surface area contributed by atoms with E-state index in [1.807, 2.05) is 6.92 Å². The van der Waals surface area contributed by atoms with Crippen LogP contribution in [0.3, 0.4) is 0 Å². The fraction of sp³-hybridized carbons (Fsp3) is 0.875. The summed E-state index contributed by atoms with van der Waals surface area (Å²) in [6, 6.07) is -0.244. The zero-order valence-corrected chi connectivity index (χ0v) is 7.92. The molecule has 1 unspecified atom stereocenters. The van der Waals surface area contributed by atoms with Gasteiger partial charge < -0.3 is 14.8 Å². The van der Waals surface area contributed by atoms with Crippen LogP contribution in [0.5, 0.6) is 0 Å². The molecule has 0 fully saturated rings. The van der Waals surface area contributed by atoms with Crippen molar-refractivity contribution < 1.29 is 14.3 Å². The SMILES string of the molecule is CCOCCOC(=O)C(C)NC. The largest absolute Gasteiger partial charge is 0.462 e. The van der Waals surface area contributed by atoms with E-state index in [0.29, 0.717) is 19.8 Å². The van der Waals surface area contributed by atoms with Crippen LogP contribution in [0.15, 0.2) is 0 Å². The van der Waals surface area contributed by atoms with Gasteiger partial charge in [0.25, 0.3) is 0 Å². The Kier molecular flexibility index (Phi) is 6.70. The van der Waals surface area contributed by atoms with Gasteiger partial charge in [0.15, 0.2) is 0 Å². The van der Waals surface area contributed by atoms with Gasteiger partial charge in [0.05, 0.1) is 6.61 Å². The Hall–Kier alpha value is -0.610. The average Bonchev–Trinajstić information content (AvgIpc) is 2.10. The predicted molar refractivity (Wildman–Crippen MR) is 46.0 cm³/mol. The zero-order chi connectivity index (χ0) is 9.40. The third-order valence-electron chi connectivity index (χ3n) is 1.46. The molecular weight excluding hydrogens is 158 g/mol. The second-order valence-corrected chi connectivity index (χ2v) is 2.37. The van der Waals surface area contributed by atoms with E-state index in [1.54, 1.807) is 14.0 Å². The topological polar surface area (TPSA) is 47.6 Å². The molecule has 0 aromatic rings. The summed E-state index contributed by atoms with van der Waals surface area (Å²) in [5, 5.41) is 2.79. The summed E-state index contributed by atoms with van der Waals surface area (Å²) in [6.07, 6.45) is 0. The Labute approximate surface area is 73.2 Å². The maximum atomic E-state index is 11.0. The second kappa shape index (κ2) is 7.06. The van der Waals surface area contributed by atoms with Crippen LogP contribution in [0.2, 0.25) is 0 Å². The highest BCUT2D eigenvalue weighted by Crippen LogP contribution is 1.86. The minimum Gasteiger partial charge on any atom is -0.462 e. The van der Waals surface area contributed by atoms with E-state index < -0.39 is 0 Å². The van der Waals surface area contributed by atoms with Crippen LogP contribution in [-0.4, -0.2) is 38.9 Å². The lowest BCUT2D eigenvalue weighted by Gasteiger charge is -2.09. The third-order valence-corrected chi connectivity index (χ3v) is 1.46. The molecule has 0 saturated carbocycles. The molecule has 0 aliphatic heterocycles. The van der Waals surface area contributed by atoms with E-state index in [9.17, 15) is 4.79 Å². The molecule has 0 aromatic carbocycles. The fourth-order valence-electron chi connectivity index (χ4n) is 0.588. The van der Waals surface area contributed by atoms with Gasteiger partial charge in [0, 0.05) is 6.61 Å². The van der Waals surface area contributed by atoms with Crippen LogP contribution in [0, 0.1) is 0 Å². The molecule has 4 nitrogen and oxygen atoms in total. The van der Waals surface area contributed by atoms with Crippen molar-refractivity contribution in [2.75, 3.05) is 26.9 Å². The molecule has 0 aromatic heterocycles.